The highest BCUT2D eigenvalue weighted by Crippen LogP contribution is 2.28. The highest BCUT2D eigenvalue weighted by molar-refractivity contribution is 6.35. The molecule has 0 fully saturated rings. The number of carbonyl (C=O) groups is 3. The molecule has 0 unspecified atom stereocenters. The lowest BCUT2D eigenvalue weighted by Gasteiger charge is -2.06. The zero-order valence-corrected chi connectivity index (χ0v) is 11.4. The van der Waals surface area contributed by atoms with Crippen molar-refractivity contribution in [2.45, 2.75) is 12.8 Å². The van der Waals surface area contributed by atoms with E-state index in [2.05, 4.69) is 0 Å². The van der Waals surface area contributed by atoms with Crippen LogP contribution in [0.4, 0.5) is 0 Å². The van der Waals surface area contributed by atoms with Gasteiger partial charge < -0.3 is 0 Å². The van der Waals surface area contributed by atoms with E-state index in [1.165, 1.54) is 0 Å². The van der Waals surface area contributed by atoms with E-state index in [4.69, 9.17) is 0 Å². The Labute approximate surface area is 122 Å². The number of hydrogen-bond donors (Lipinski definition) is 0. The molecule has 0 radical (unpaired) electrons. The summed E-state index contributed by atoms with van der Waals surface area (Å²) in [6.07, 6.45) is 0.757. The van der Waals surface area contributed by atoms with Gasteiger partial charge in [0.15, 0.2) is 17.3 Å². The summed E-state index contributed by atoms with van der Waals surface area (Å²) in [5.74, 6) is -2.13. The maximum Gasteiger partial charge on any atom is 0.181 e. The fraction of sp³-hybridized carbons (Fsp3) is 0.167. The van der Waals surface area contributed by atoms with Crippen LogP contribution in [0.25, 0.3) is 0 Å². The van der Waals surface area contributed by atoms with E-state index in [0.29, 0.717) is 17.5 Å². The van der Waals surface area contributed by atoms with Gasteiger partial charge in [-0.3, -0.25) is 14.4 Å². The monoisotopic (exact) mass is 278 g/mol. The van der Waals surface area contributed by atoms with E-state index < -0.39 is 5.92 Å². The molecule has 0 N–H and O–H groups in total. The minimum Gasteiger partial charge on any atom is -0.298 e. The molecule has 3 heteroatoms. The fourth-order valence-corrected chi connectivity index (χ4v) is 2.69. The minimum atomic E-state index is -1.13. The maximum absolute atomic E-state index is 12.3. The summed E-state index contributed by atoms with van der Waals surface area (Å²) in [7, 11) is 0. The number of aryl methyl sites for hydroxylation is 1. The van der Waals surface area contributed by atoms with Crippen molar-refractivity contribution >= 4 is 17.3 Å². The average Bonchev–Trinajstić information content (AvgIpc) is 2.78. The van der Waals surface area contributed by atoms with Crippen molar-refractivity contribution in [3.05, 3.63) is 71.3 Å². The Morgan fingerprint density at radius 1 is 0.810 bits per heavy atom. The first kappa shape index (κ1) is 13.4. The fourth-order valence-electron chi connectivity index (χ4n) is 2.69. The zero-order chi connectivity index (χ0) is 14.8. The summed E-state index contributed by atoms with van der Waals surface area (Å²) >= 11 is 0. The van der Waals surface area contributed by atoms with Gasteiger partial charge in [0.1, 0.15) is 5.92 Å². The first-order valence-corrected chi connectivity index (χ1v) is 6.92. The summed E-state index contributed by atoms with van der Waals surface area (Å²) < 4.78 is 0. The van der Waals surface area contributed by atoms with Gasteiger partial charge in [-0.2, -0.15) is 0 Å². The van der Waals surface area contributed by atoms with Crippen molar-refractivity contribution in [3.63, 3.8) is 0 Å². The molecule has 104 valence electrons. The Balaban J connectivity index is 1.75. The van der Waals surface area contributed by atoms with Crippen LogP contribution in [0.1, 0.15) is 32.7 Å². The molecule has 3 nitrogen and oxygen atoms in total. The third kappa shape index (κ3) is 2.42. The van der Waals surface area contributed by atoms with Gasteiger partial charge >= 0.3 is 0 Å². The molecule has 0 spiro atoms. The van der Waals surface area contributed by atoms with Gasteiger partial charge in [-0.05, 0) is 12.0 Å². The summed E-state index contributed by atoms with van der Waals surface area (Å²) in [5, 5.41) is 0. The zero-order valence-electron chi connectivity index (χ0n) is 11.4. The predicted octanol–water partition coefficient (Wildman–Crippen LogP) is 2.88. The standard InChI is InChI=1S/C18H14O3/c19-15(11-10-12-6-2-1-3-7-12)16-17(20)13-8-4-5-9-14(13)18(16)21/h1-9,16H,10-11H2. The number of fused-ring (bicyclic) bond motifs is 1. The molecular weight excluding hydrogens is 264 g/mol. The quantitative estimate of drug-likeness (QED) is 0.808. The topological polar surface area (TPSA) is 51.2 Å². The number of ketones is 3. The Morgan fingerprint density at radius 2 is 1.33 bits per heavy atom. The summed E-state index contributed by atoms with van der Waals surface area (Å²) in [6, 6.07) is 16.2. The van der Waals surface area contributed by atoms with Crippen LogP contribution >= 0.6 is 0 Å². The van der Waals surface area contributed by atoms with Gasteiger partial charge in [0.25, 0.3) is 0 Å². The van der Waals surface area contributed by atoms with E-state index in [1.807, 2.05) is 30.3 Å². The van der Waals surface area contributed by atoms with Gasteiger partial charge in [-0.1, -0.05) is 54.6 Å². The van der Waals surface area contributed by atoms with Crippen molar-refractivity contribution < 1.29 is 14.4 Å². The summed E-state index contributed by atoms with van der Waals surface area (Å²) in [5.41, 5.74) is 1.78. The normalized spacial score (nSPS) is 14.3. The Kier molecular flexibility index (Phi) is 3.48. The molecule has 0 bridgehead atoms. The largest absolute Gasteiger partial charge is 0.298 e. The van der Waals surface area contributed by atoms with Crippen LogP contribution in [0, 0.1) is 5.92 Å². The second kappa shape index (κ2) is 5.44. The molecule has 2 aromatic rings. The van der Waals surface area contributed by atoms with Crippen LogP contribution in [0.3, 0.4) is 0 Å². The summed E-state index contributed by atoms with van der Waals surface area (Å²) in [6.45, 7) is 0. The van der Waals surface area contributed by atoms with Crippen LogP contribution < -0.4 is 0 Å². The second-order valence-electron chi connectivity index (χ2n) is 5.16. The van der Waals surface area contributed by atoms with Gasteiger partial charge in [0.2, 0.25) is 0 Å². The lowest BCUT2D eigenvalue weighted by Crippen LogP contribution is -2.25. The van der Waals surface area contributed by atoms with E-state index in [1.54, 1.807) is 24.3 Å². The lowest BCUT2D eigenvalue weighted by atomic mass is 9.94. The van der Waals surface area contributed by atoms with Crippen molar-refractivity contribution in [2.24, 2.45) is 5.92 Å². The summed E-state index contributed by atoms with van der Waals surface area (Å²) in [4.78, 5) is 36.7. The number of benzene rings is 2. The molecular formula is C18H14O3. The van der Waals surface area contributed by atoms with Crippen LogP contribution in [0.5, 0.6) is 0 Å². The molecule has 21 heavy (non-hydrogen) atoms. The smallest absolute Gasteiger partial charge is 0.181 e. The number of Topliss-reactive ketones (excluding diaryl/α,β-unsaturated/α-hetero) is 3. The highest BCUT2D eigenvalue weighted by atomic mass is 16.2. The Morgan fingerprint density at radius 3 is 1.90 bits per heavy atom. The van der Waals surface area contributed by atoms with Crippen LogP contribution in [0.2, 0.25) is 0 Å². The number of rotatable bonds is 4. The SMILES string of the molecule is O=C(CCc1ccccc1)C1C(=O)c2ccccc2C1=O. The van der Waals surface area contributed by atoms with E-state index in [-0.39, 0.29) is 23.8 Å². The Bertz CT molecular complexity index is 681. The highest BCUT2D eigenvalue weighted by Gasteiger charge is 2.42. The average molecular weight is 278 g/mol. The molecule has 0 saturated heterocycles. The minimum absolute atomic E-state index is 0.208. The number of hydrogen-bond acceptors (Lipinski definition) is 3. The van der Waals surface area contributed by atoms with Crippen molar-refractivity contribution in [1.29, 1.82) is 0 Å². The Hall–Kier alpha value is -2.55. The molecule has 0 aliphatic heterocycles. The first-order chi connectivity index (χ1) is 10.2. The van der Waals surface area contributed by atoms with E-state index >= 15 is 0 Å². The lowest BCUT2D eigenvalue weighted by molar-refractivity contribution is -0.120. The molecule has 3 rings (SSSR count). The molecule has 1 aliphatic rings. The molecule has 1 aliphatic carbocycles. The predicted molar refractivity (Wildman–Crippen MR) is 78.4 cm³/mol. The third-order valence-electron chi connectivity index (χ3n) is 3.81. The second-order valence-corrected chi connectivity index (χ2v) is 5.16. The van der Waals surface area contributed by atoms with Gasteiger partial charge in [-0.15, -0.1) is 0 Å². The molecule has 0 saturated carbocycles. The van der Waals surface area contributed by atoms with Gasteiger partial charge in [-0.25, -0.2) is 0 Å². The van der Waals surface area contributed by atoms with Crippen LogP contribution in [0.15, 0.2) is 54.6 Å². The molecule has 0 heterocycles. The van der Waals surface area contributed by atoms with Crippen molar-refractivity contribution in [3.8, 4) is 0 Å². The van der Waals surface area contributed by atoms with Gasteiger partial charge in [0, 0.05) is 17.5 Å². The van der Waals surface area contributed by atoms with Crippen LogP contribution in [-0.4, -0.2) is 17.3 Å². The number of carbonyl (C=O) groups excluding carboxylic acids is 3. The first-order valence-electron chi connectivity index (χ1n) is 6.92. The van der Waals surface area contributed by atoms with Gasteiger partial charge in [0.05, 0.1) is 0 Å². The van der Waals surface area contributed by atoms with Crippen molar-refractivity contribution in [1.82, 2.24) is 0 Å². The maximum atomic E-state index is 12.3. The van der Waals surface area contributed by atoms with Crippen molar-refractivity contribution in [2.75, 3.05) is 0 Å². The van der Waals surface area contributed by atoms with E-state index in [0.717, 1.165) is 5.56 Å². The third-order valence-corrected chi connectivity index (χ3v) is 3.81. The molecule has 0 amide bonds. The van der Waals surface area contributed by atoms with E-state index in [9.17, 15) is 14.4 Å². The molecule has 2 aromatic carbocycles. The molecule has 0 atom stereocenters. The van der Waals surface area contributed by atoms with Crippen LogP contribution in [-0.2, 0) is 11.2 Å². The molecule has 0 aromatic heterocycles.